The molecule has 0 bridgehead atoms. The van der Waals surface area contributed by atoms with Crippen molar-refractivity contribution in [3.63, 3.8) is 0 Å². The third-order valence-corrected chi connectivity index (χ3v) is 7.02. The molecule has 0 unspecified atom stereocenters. The molecule has 2 aliphatic rings. The molecule has 1 fully saturated rings. The molecule has 0 radical (unpaired) electrons. The molecule has 2 nitrogen and oxygen atoms in total. The first-order valence-corrected chi connectivity index (χ1v) is 12.2. The number of hydrogen-bond acceptors (Lipinski definition) is 2. The molecule has 1 N–H and O–H groups in total. The van der Waals surface area contributed by atoms with E-state index in [0.717, 1.165) is 31.6 Å². The van der Waals surface area contributed by atoms with E-state index in [1.54, 1.807) is 5.57 Å². The number of aliphatic hydroxyl groups is 1. The van der Waals surface area contributed by atoms with E-state index in [1.165, 1.54) is 46.5 Å². The highest BCUT2D eigenvalue weighted by Gasteiger charge is 2.31. The molecular formula is C30H37NO. The highest BCUT2D eigenvalue weighted by molar-refractivity contribution is 5.98. The zero-order chi connectivity index (χ0) is 22.5. The van der Waals surface area contributed by atoms with Gasteiger partial charge in [0.25, 0.3) is 0 Å². The number of nitrogens with zero attached hydrogens (tertiary/aromatic N) is 1. The van der Waals surface area contributed by atoms with E-state index in [1.807, 2.05) is 0 Å². The van der Waals surface area contributed by atoms with Gasteiger partial charge in [-0.25, -0.2) is 0 Å². The van der Waals surface area contributed by atoms with E-state index in [-0.39, 0.29) is 6.61 Å². The molecular weight excluding hydrogens is 390 g/mol. The van der Waals surface area contributed by atoms with E-state index in [0.29, 0.717) is 6.04 Å². The van der Waals surface area contributed by atoms with Crippen molar-refractivity contribution in [2.24, 2.45) is 5.92 Å². The van der Waals surface area contributed by atoms with Crippen LogP contribution in [0.15, 0.2) is 77.9 Å². The minimum Gasteiger partial charge on any atom is -0.396 e. The van der Waals surface area contributed by atoms with Crippen molar-refractivity contribution in [1.29, 1.82) is 0 Å². The van der Waals surface area contributed by atoms with Gasteiger partial charge in [0.15, 0.2) is 0 Å². The standard InChI is InChI=1S/C30H37NO/c1-22(2)31-20-28(21-31)24-15-17-27(18-16-24)30(26-13-11-23(3)12-14-26)29(10-7-19-32)25-8-5-4-6-9-25/h4-6,8-9,11-15,17,22,28,32H,7,10,16,18-21H2,1-3H3/b30-29-. The number of aryl methyl sites for hydroxylation is 1. The summed E-state index contributed by atoms with van der Waals surface area (Å²) in [5.41, 5.74) is 9.58. The third kappa shape index (κ3) is 5.14. The quantitative estimate of drug-likeness (QED) is 0.476. The second-order valence-corrected chi connectivity index (χ2v) is 9.59. The Kier molecular flexibility index (Phi) is 7.44. The van der Waals surface area contributed by atoms with Crippen LogP contribution in [0.3, 0.4) is 0 Å². The molecule has 0 spiro atoms. The topological polar surface area (TPSA) is 23.5 Å². The van der Waals surface area contributed by atoms with E-state index in [9.17, 15) is 5.11 Å². The number of likely N-dealkylation sites (tertiary alicyclic amines) is 1. The lowest BCUT2D eigenvalue weighted by Crippen LogP contribution is -2.50. The minimum atomic E-state index is 0.217. The third-order valence-electron chi connectivity index (χ3n) is 7.02. The summed E-state index contributed by atoms with van der Waals surface area (Å²) in [6.45, 7) is 9.36. The molecule has 0 atom stereocenters. The van der Waals surface area contributed by atoms with Gasteiger partial charge in [-0.2, -0.15) is 0 Å². The first kappa shape index (κ1) is 22.8. The summed E-state index contributed by atoms with van der Waals surface area (Å²) in [4.78, 5) is 2.56. The number of allylic oxidation sites excluding steroid dienone is 5. The number of benzene rings is 2. The van der Waals surface area contributed by atoms with Crippen LogP contribution < -0.4 is 0 Å². The Morgan fingerprint density at radius 2 is 1.66 bits per heavy atom. The Hall–Kier alpha value is -2.42. The summed E-state index contributed by atoms with van der Waals surface area (Å²) in [6, 6.07) is 20.3. The smallest absolute Gasteiger partial charge is 0.0434 e. The van der Waals surface area contributed by atoms with Crippen LogP contribution in [0.1, 0.15) is 56.2 Å². The van der Waals surface area contributed by atoms with Crippen LogP contribution in [-0.4, -0.2) is 35.7 Å². The first-order valence-electron chi connectivity index (χ1n) is 12.2. The first-order chi connectivity index (χ1) is 15.6. The van der Waals surface area contributed by atoms with E-state index < -0.39 is 0 Å². The molecule has 0 aromatic heterocycles. The largest absolute Gasteiger partial charge is 0.396 e. The summed E-state index contributed by atoms with van der Waals surface area (Å²) < 4.78 is 0. The maximum atomic E-state index is 9.60. The second-order valence-electron chi connectivity index (χ2n) is 9.59. The van der Waals surface area contributed by atoms with Crippen LogP contribution in [0.2, 0.25) is 0 Å². The summed E-state index contributed by atoms with van der Waals surface area (Å²) in [5, 5.41) is 9.60. The average molecular weight is 428 g/mol. The molecule has 2 aromatic carbocycles. The Morgan fingerprint density at radius 3 is 2.25 bits per heavy atom. The van der Waals surface area contributed by atoms with Crippen LogP contribution >= 0.6 is 0 Å². The van der Waals surface area contributed by atoms with E-state index in [2.05, 4.69) is 92.4 Å². The Labute approximate surface area is 194 Å². The molecule has 1 heterocycles. The Bertz CT molecular complexity index is 989. The van der Waals surface area contributed by atoms with Gasteiger partial charge in [0, 0.05) is 31.7 Å². The zero-order valence-corrected chi connectivity index (χ0v) is 19.8. The summed E-state index contributed by atoms with van der Waals surface area (Å²) >= 11 is 0. The highest BCUT2D eigenvalue weighted by Crippen LogP contribution is 2.40. The maximum Gasteiger partial charge on any atom is 0.0434 e. The molecule has 2 heteroatoms. The molecule has 0 saturated carbocycles. The van der Waals surface area contributed by atoms with Gasteiger partial charge in [-0.1, -0.05) is 77.9 Å². The number of hydrogen-bond donors (Lipinski definition) is 1. The van der Waals surface area contributed by atoms with Gasteiger partial charge in [-0.05, 0) is 74.3 Å². The normalized spacial score (nSPS) is 18.2. The maximum absolute atomic E-state index is 9.60. The van der Waals surface area contributed by atoms with Gasteiger partial charge in [0.1, 0.15) is 0 Å². The van der Waals surface area contributed by atoms with Crippen LogP contribution in [0, 0.1) is 12.8 Å². The van der Waals surface area contributed by atoms with Crippen molar-refractivity contribution >= 4 is 11.1 Å². The molecule has 168 valence electrons. The lowest BCUT2D eigenvalue weighted by atomic mass is 9.79. The van der Waals surface area contributed by atoms with Crippen molar-refractivity contribution < 1.29 is 5.11 Å². The van der Waals surface area contributed by atoms with Gasteiger partial charge in [-0.15, -0.1) is 0 Å². The van der Waals surface area contributed by atoms with Crippen LogP contribution in [0.25, 0.3) is 11.1 Å². The van der Waals surface area contributed by atoms with Crippen molar-refractivity contribution in [2.75, 3.05) is 19.7 Å². The van der Waals surface area contributed by atoms with Crippen molar-refractivity contribution in [3.8, 4) is 0 Å². The fourth-order valence-corrected chi connectivity index (χ4v) is 4.95. The van der Waals surface area contributed by atoms with Gasteiger partial charge < -0.3 is 5.11 Å². The molecule has 1 aliphatic carbocycles. The predicted octanol–water partition coefficient (Wildman–Crippen LogP) is 6.67. The summed E-state index contributed by atoms with van der Waals surface area (Å²) in [6.07, 6.45) is 8.69. The lowest BCUT2D eigenvalue weighted by Gasteiger charge is -2.44. The fourth-order valence-electron chi connectivity index (χ4n) is 4.95. The number of aliphatic hydroxyl groups excluding tert-OH is 1. The monoisotopic (exact) mass is 427 g/mol. The van der Waals surface area contributed by atoms with Gasteiger partial charge in [-0.3, -0.25) is 4.90 Å². The SMILES string of the molecule is Cc1ccc(/C(C2=CC=C(C3CN(C(C)C)C3)CC2)=C(\CCCO)c2ccccc2)cc1. The zero-order valence-electron chi connectivity index (χ0n) is 19.8. The van der Waals surface area contributed by atoms with Crippen molar-refractivity contribution in [3.05, 3.63) is 94.6 Å². The van der Waals surface area contributed by atoms with Gasteiger partial charge >= 0.3 is 0 Å². The van der Waals surface area contributed by atoms with E-state index >= 15 is 0 Å². The highest BCUT2D eigenvalue weighted by atomic mass is 16.2. The van der Waals surface area contributed by atoms with Crippen molar-refractivity contribution in [1.82, 2.24) is 4.90 Å². The molecule has 4 rings (SSSR count). The summed E-state index contributed by atoms with van der Waals surface area (Å²) in [5.74, 6) is 0.727. The van der Waals surface area contributed by atoms with Gasteiger partial charge in [0.2, 0.25) is 0 Å². The van der Waals surface area contributed by atoms with Crippen LogP contribution in [0.4, 0.5) is 0 Å². The molecule has 0 amide bonds. The second kappa shape index (κ2) is 10.5. The van der Waals surface area contributed by atoms with Crippen molar-refractivity contribution in [2.45, 2.75) is 52.5 Å². The molecule has 1 aliphatic heterocycles. The number of rotatable bonds is 8. The van der Waals surface area contributed by atoms with Gasteiger partial charge in [0.05, 0.1) is 0 Å². The van der Waals surface area contributed by atoms with Crippen LogP contribution in [-0.2, 0) is 0 Å². The fraction of sp³-hybridized carbons (Fsp3) is 0.400. The minimum absolute atomic E-state index is 0.217. The van der Waals surface area contributed by atoms with Crippen LogP contribution in [0.5, 0.6) is 0 Å². The molecule has 32 heavy (non-hydrogen) atoms. The lowest BCUT2D eigenvalue weighted by molar-refractivity contribution is 0.0860. The predicted molar refractivity (Wildman–Crippen MR) is 136 cm³/mol. The Morgan fingerprint density at radius 1 is 0.938 bits per heavy atom. The average Bonchev–Trinajstić information content (AvgIpc) is 2.77. The molecule has 1 saturated heterocycles. The van der Waals surface area contributed by atoms with E-state index in [4.69, 9.17) is 0 Å². The Balaban J connectivity index is 1.73. The molecule has 2 aromatic rings. The summed E-state index contributed by atoms with van der Waals surface area (Å²) in [7, 11) is 0.